The van der Waals surface area contributed by atoms with Gasteiger partial charge in [-0.25, -0.2) is 0 Å². The second kappa shape index (κ2) is 12.5. The number of hydrogen-bond acceptors (Lipinski definition) is 3. The Morgan fingerprint density at radius 2 is 2.00 bits per heavy atom. The third-order valence-corrected chi connectivity index (χ3v) is 0.991. The van der Waals surface area contributed by atoms with Crippen LogP contribution in [0, 0.1) is 0 Å². The van der Waals surface area contributed by atoms with E-state index in [0.29, 0.717) is 13.2 Å². The van der Waals surface area contributed by atoms with Crippen LogP contribution in [-0.2, 0) is 13.4 Å². The number of carboxylic acids is 1. The molecule has 4 nitrogen and oxygen atoms in total. The Labute approximate surface area is 74.9 Å². The molecule has 0 rings (SSSR count). The van der Waals surface area contributed by atoms with Gasteiger partial charge in [-0.3, -0.25) is 4.79 Å². The summed E-state index contributed by atoms with van der Waals surface area (Å²) in [5, 5.41) is 7.72. The summed E-state index contributed by atoms with van der Waals surface area (Å²) in [6.45, 7) is 2.85. The van der Waals surface area contributed by atoms with Gasteiger partial charge in [-0.15, -0.1) is 0 Å². The molecule has 0 heterocycles. The zero-order chi connectivity index (χ0) is 9.11. The van der Waals surface area contributed by atoms with Gasteiger partial charge in [-0.05, 0) is 0 Å². The first-order valence-corrected chi connectivity index (χ1v) is 3.78. The lowest BCUT2D eigenvalue weighted by Crippen LogP contribution is -1.93. The second-order valence-corrected chi connectivity index (χ2v) is 2.01. The summed E-state index contributed by atoms with van der Waals surface area (Å²) < 4.78 is 9.10. The van der Waals surface area contributed by atoms with Crippen molar-refractivity contribution >= 4 is 22.2 Å². The first-order valence-electron chi connectivity index (χ1n) is 3.13. The van der Waals surface area contributed by atoms with Crippen LogP contribution in [0.25, 0.3) is 0 Å². The Morgan fingerprint density at radius 1 is 1.55 bits per heavy atom. The van der Waals surface area contributed by atoms with Crippen molar-refractivity contribution in [2.24, 2.45) is 0 Å². The maximum atomic E-state index is 9.37. The molecule has 0 aromatic carbocycles. The predicted molar refractivity (Wildman–Crippen MR) is 44.7 cm³/mol. The van der Waals surface area contributed by atoms with E-state index < -0.39 is 5.97 Å². The van der Waals surface area contributed by atoms with E-state index in [2.05, 4.69) is 24.8 Å². The van der Waals surface area contributed by atoms with Crippen LogP contribution in [-0.4, -0.2) is 31.4 Å². The molecule has 0 aliphatic rings. The van der Waals surface area contributed by atoms with Crippen LogP contribution in [0.3, 0.4) is 0 Å². The quantitative estimate of drug-likeness (QED) is 0.741. The van der Waals surface area contributed by atoms with Crippen molar-refractivity contribution in [1.82, 2.24) is 0 Å². The van der Waals surface area contributed by atoms with Crippen molar-refractivity contribution in [2.45, 2.75) is 13.3 Å². The SMILES string of the molecule is CCC(=O)O.COCCOBr. The summed E-state index contributed by atoms with van der Waals surface area (Å²) in [7, 11) is 1.63. The fourth-order valence-corrected chi connectivity index (χ4v) is 0.247. The number of hydrogen-bond donors (Lipinski definition) is 1. The highest BCUT2D eigenvalue weighted by molar-refractivity contribution is 9.06. The van der Waals surface area contributed by atoms with Gasteiger partial charge in [-0.2, -0.15) is 0 Å². The van der Waals surface area contributed by atoms with Gasteiger partial charge in [0.2, 0.25) is 0 Å². The topological polar surface area (TPSA) is 55.8 Å². The van der Waals surface area contributed by atoms with E-state index in [0.717, 1.165) is 0 Å². The number of halogens is 1. The van der Waals surface area contributed by atoms with E-state index in [-0.39, 0.29) is 6.42 Å². The van der Waals surface area contributed by atoms with Gasteiger partial charge in [0.25, 0.3) is 0 Å². The molecule has 0 radical (unpaired) electrons. The molecular formula is C6H13BrO4. The lowest BCUT2D eigenvalue weighted by atomic mass is 10.5. The monoisotopic (exact) mass is 228 g/mol. The summed E-state index contributed by atoms with van der Waals surface area (Å²) in [4.78, 5) is 9.37. The Bertz CT molecular complexity index is 82.7. The molecule has 0 bridgehead atoms. The molecule has 5 heteroatoms. The van der Waals surface area contributed by atoms with Crippen LogP contribution >= 0.6 is 16.3 Å². The Balaban J connectivity index is 0. The number of carbonyl (C=O) groups is 1. The highest BCUT2D eigenvalue weighted by atomic mass is 79.9. The maximum absolute atomic E-state index is 9.37. The lowest BCUT2D eigenvalue weighted by Gasteiger charge is -1.89. The Kier molecular flexibility index (Phi) is 15.3. The number of ether oxygens (including phenoxy) is 1. The van der Waals surface area contributed by atoms with E-state index in [9.17, 15) is 4.79 Å². The molecule has 0 spiro atoms. The van der Waals surface area contributed by atoms with Gasteiger partial charge in [0.1, 0.15) is 0 Å². The van der Waals surface area contributed by atoms with Crippen molar-refractivity contribution in [3.8, 4) is 0 Å². The minimum absolute atomic E-state index is 0.222. The third kappa shape index (κ3) is 25.8. The van der Waals surface area contributed by atoms with Crippen molar-refractivity contribution < 1.29 is 18.5 Å². The molecule has 11 heavy (non-hydrogen) atoms. The minimum Gasteiger partial charge on any atom is -0.481 e. The third-order valence-electron chi connectivity index (χ3n) is 0.667. The van der Waals surface area contributed by atoms with E-state index in [4.69, 9.17) is 5.11 Å². The van der Waals surface area contributed by atoms with Crippen LogP contribution in [0.1, 0.15) is 13.3 Å². The highest BCUT2D eigenvalue weighted by Gasteiger charge is 1.80. The molecule has 0 aliphatic carbocycles. The summed E-state index contributed by atoms with van der Waals surface area (Å²) in [5.41, 5.74) is 0. The molecule has 0 saturated carbocycles. The molecule has 0 fully saturated rings. The van der Waals surface area contributed by atoms with E-state index in [1.807, 2.05) is 0 Å². The molecular weight excluding hydrogens is 216 g/mol. The predicted octanol–water partition coefficient (Wildman–Crippen LogP) is 1.44. The molecule has 0 amide bonds. The van der Waals surface area contributed by atoms with Crippen LogP contribution in [0.15, 0.2) is 0 Å². The van der Waals surface area contributed by atoms with Crippen LogP contribution in [0.2, 0.25) is 0 Å². The standard InChI is InChI=1S/C3H7BrO2.C3H6O2/c1-5-2-3-6-4;1-2-3(4)5/h2-3H2,1H3;2H2,1H3,(H,4,5). The van der Waals surface area contributed by atoms with Gasteiger partial charge >= 0.3 is 5.97 Å². The van der Waals surface area contributed by atoms with Crippen molar-refractivity contribution in [1.29, 1.82) is 0 Å². The van der Waals surface area contributed by atoms with Gasteiger partial charge < -0.3 is 13.7 Å². The molecule has 0 aliphatic heterocycles. The first kappa shape index (κ1) is 13.5. The van der Waals surface area contributed by atoms with Crippen molar-refractivity contribution in [3.63, 3.8) is 0 Å². The van der Waals surface area contributed by atoms with Crippen LogP contribution in [0.4, 0.5) is 0 Å². The molecule has 1 N–H and O–H groups in total. The molecule has 0 atom stereocenters. The fourth-order valence-electron chi connectivity index (χ4n) is 0.115. The Hall–Kier alpha value is -0.130. The van der Waals surface area contributed by atoms with Gasteiger partial charge in [0.15, 0.2) is 0 Å². The second-order valence-electron chi connectivity index (χ2n) is 1.55. The summed E-state index contributed by atoms with van der Waals surface area (Å²) in [6, 6.07) is 0. The normalized spacial score (nSPS) is 8.27. The Morgan fingerprint density at radius 3 is 2.09 bits per heavy atom. The van der Waals surface area contributed by atoms with Gasteiger partial charge in [-0.1, -0.05) is 6.92 Å². The number of carboxylic acid groups (broad SMARTS) is 1. The van der Waals surface area contributed by atoms with E-state index in [1.165, 1.54) is 0 Å². The minimum atomic E-state index is -0.745. The summed E-state index contributed by atoms with van der Waals surface area (Å²) >= 11 is 2.77. The smallest absolute Gasteiger partial charge is 0.303 e. The van der Waals surface area contributed by atoms with E-state index in [1.54, 1.807) is 14.0 Å². The highest BCUT2D eigenvalue weighted by Crippen LogP contribution is 1.80. The lowest BCUT2D eigenvalue weighted by molar-refractivity contribution is -0.136. The van der Waals surface area contributed by atoms with Gasteiger partial charge in [0, 0.05) is 13.5 Å². The molecule has 68 valence electrons. The van der Waals surface area contributed by atoms with Crippen molar-refractivity contribution in [3.05, 3.63) is 0 Å². The average molecular weight is 229 g/mol. The number of methoxy groups -OCH3 is 1. The zero-order valence-corrected chi connectivity index (χ0v) is 8.26. The zero-order valence-electron chi connectivity index (χ0n) is 6.67. The molecule has 0 aromatic rings. The first-order chi connectivity index (χ1) is 5.18. The largest absolute Gasteiger partial charge is 0.481 e. The maximum Gasteiger partial charge on any atom is 0.303 e. The van der Waals surface area contributed by atoms with Crippen LogP contribution < -0.4 is 0 Å². The fraction of sp³-hybridized carbons (Fsp3) is 0.833. The average Bonchev–Trinajstić information content (AvgIpc) is 2.02. The van der Waals surface area contributed by atoms with Crippen molar-refractivity contribution in [2.75, 3.05) is 20.3 Å². The summed E-state index contributed by atoms with van der Waals surface area (Å²) in [6.07, 6.45) is 0.222. The van der Waals surface area contributed by atoms with E-state index >= 15 is 0 Å². The number of rotatable bonds is 4. The molecule has 0 aromatic heterocycles. The summed E-state index contributed by atoms with van der Waals surface area (Å²) in [5.74, 6) is -0.745. The molecule has 0 unspecified atom stereocenters. The molecule has 0 saturated heterocycles. The number of aliphatic carboxylic acids is 1. The van der Waals surface area contributed by atoms with Gasteiger partial charge in [0.05, 0.1) is 29.5 Å². The van der Waals surface area contributed by atoms with Crippen LogP contribution in [0.5, 0.6) is 0 Å².